The summed E-state index contributed by atoms with van der Waals surface area (Å²) >= 11 is 0. The lowest BCUT2D eigenvalue weighted by Crippen LogP contribution is -2.09. The fraction of sp³-hybridized carbons (Fsp3) is 0.238. The Morgan fingerprint density at radius 3 is 2.46 bits per heavy atom. The molecule has 3 aromatic rings. The fourth-order valence-corrected chi connectivity index (χ4v) is 2.55. The third-order valence-electron chi connectivity index (χ3n) is 3.67. The lowest BCUT2D eigenvalue weighted by Gasteiger charge is -2.15. The Balaban J connectivity index is 1.76. The van der Waals surface area contributed by atoms with Crippen molar-refractivity contribution in [2.45, 2.75) is 33.4 Å². The molecule has 0 bridgehead atoms. The van der Waals surface area contributed by atoms with Crippen molar-refractivity contribution in [1.29, 1.82) is 0 Å². The van der Waals surface area contributed by atoms with Gasteiger partial charge in [0.15, 0.2) is 0 Å². The first-order valence-electron chi connectivity index (χ1n) is 8.76. The van der Waals surface area contributed by atoms with Gasteiger partial charge < -0.3 is 15.4 Å². The summed E-state index contributed by atoms with van der Waals surface area (Å²) < 4.78 is 5.85. The molecule has 0 fully saturated rings. The van der Waals surface area contributed by atoms with Crippen molar-refractivity contribution in [3.05, 3.63) is 71.9 Å². The van der Waals surface area contributed by atoms with Gasteiger partial charge in [-0.25, -0.2) is 4.98 Å². The molecule has 0 unspecified atom stereocenters. The predicted octanol–water partition coefficient (Wildman–Crippen LogP) is 4.93. The van der Waals surface area contributed by atoms with E-state index in [0.29, 0.717) is 12.5 Å². The van der Waals surface area contributed by atoms with Crippen LogP contribution in [-0.2, 0) is 6.54 Å². The van der Waals surface area contributed by atoms with E-state index in [0.717, 1.165) is 22.9 Å². The number of para-hydroxylation sites is 2. The van der Waals surface area contributed by atoms with E-state index in [4.69, 9.17) is 4.74 Å². The molecule has 0 radical (unpaired) electrons. The van der Waals surface area contributed by atoms with Crippen LogP contribution in [0.2, 0.25) is 0 Å². The maximum absolute atomic E-state index is 5.85. The Bertz CT molecular complexity index is 850. The van der Waals surface area contributed by atoms with Gasteiger partial charge in [0, 0.05) is 18.3 Å². The first-order chi connectivity index (χ1) is 12.6. The molecule has 0 amide bonds. The van der Waals surface area contributed by atoms with Crippen molar-refractivity contribution >= 4 is 17.5 Å². The highest BCUT2D eigenvalue weighted by Gasteiger charge is 2.08. The number of benzene rings is 2. The van der Waals surface area contributed by atoms with Gasteiger partial charge in [-0.2, -0.15) is 4.98 Å². The monoisotopic (exact) mass is 348 g/mol. The summed E-state index contributed by atoms with van der Waals surface area (Å²) in [5, 5.41) is 6.62. The molecule has 5 heteroatoms. The lowest BCUT2D eigenvalue weighted by molar-refractivity contribution is 0.244. The minimum atomic E-state index is 0.0967. The molecule has 0 aliphatic heterocycles. The minimum Gasteiger partial charge on any atom is -0.489 e. The molecule has 0 saturated carbocycles. The molecule has 0 aliphatic rings. The van der Waals surface area contributed by atoms with Crippen molar-refractivity contribution in [3.63, 3.8) is 0 Å². The van der Waals surface area contributed by atoms with Crippen LogP contribution in [-0.4, -0.2) is 16.1 Å². The first-order valence-corrected chi connectivity index (χ1v) is 8.76. The average molecular weight is 348 g/mol. The van der Waals surface area contributed by atoms with Gasteiger partial charge in [-0.05, 0) is 38.5 Å². The van der Waals surface area contributed by atoms with E-state index in [1.54, 1.807) is 0 Å². The van der Waals surface area contributed by atoms with Crippen LogP contribution >= 0.6 is 0 Å². The van der Waals surface area contributed by atoms with Crippen LogP contribution in [0, 0.1) is 6.92 Å². The highest BCUT2D eigenvalue weighted by Crippen LogP contribution is 2.27. The molecular weight excluding hydrogens is 324 g/mol. The quantitative estimate of drug-likeness (QED) is 0.634. The highest BCUT2D eigenvalue weighted by atomic mass is 16.5. The van der Waals surface area contributed by atoms with E-state index in [-0.39, 0.29) is 6.10 Å². The molecule has 0 saturated heterocycles. The number of nitrogens with zero attached hydrogens (tertiary/aromatic N) is 2. The maximum atomic E-state index is 5.85. The Labute approximate surface area is 154 Å². The highest BCUT2D eigenvalue weighted by molar-refractivity contribution is 5.63. The number of rotatable bonds is 7. The number of hydrogen-bond acceptors (Lipinski definition) is 5. The number of nitrogens with one attached hydrogen (secondary N) is 2. The summed E-state index contributed by atoms with van der Waals surface area (Å²) in [6, 6.07) is 20.0. The summed E-state index contributed by atoms with van der Waals surface area (Å²) in [6.45, 7) is 6.68. The molecule has 1 heterocycles. The van der Waals surface area contributed by atoms with Crippen LogP contribution in [0.3, 0.4) is 0 Å². The largest absolute Gasteiger partial charge is 0.489 e. The van der Waals surface area contributed by atoms with E-state index in [9.17, 15) is 0 Å². The normalized spacial score (nSPS) is 10.6. The van der Waals surface area contributed by atoms with Crippen molar-refractivity contribution in [2.24, 2.45) is 0 Å². The second-order valence-electron chi connectivity index (χ2n) is 6.35. The molecule has 134 valence electrons. The van der Waals surface area contributed by atoms with Gasteiger partial charge in [0.2, 0.25) is 5.95 Å². The predicted molar refractivity (Wildman–Crippen MR) is 106 cm³/mol. The topological polar surface area (TPSA) is 59.1 Å². The Hall–Kier alpha value is -3.08. The lowest BCUT2D eigenvalue weighted by atomic mass is 10.2. The van der Waals surface area contributed by atoms with E-state index in [2.05, 4.69) is 32.7 Å². The molecule has 2 N–H and O–H groups in total. The smallest absolute Gasteiger partial charge is 0.229 e. The Morgan fingerprint density at radius 2 is 1.69 bits per heavy atom. The second kappa shape index (κ2) is 8.34. The summed E-state index contributed by atoms with van der Waals surface area (Å²) in [5.74, 6) is 2.11. The van der Waals surface area contributed by atoms with Gasteiger partial charge in [-0.3, -0.25) is 0 Å². The second-order valence-corrected chi connectivity index (χ2v) is 6.35. The zero-order valence-electron chi connectivity index (χ0n) is 15.4. The number of anilines is 3. The summed E-state index contributed by atoms with van der Waals surface area (Å²) in [5.41, 5.74) is 2.94. The molecule has 26 heavy (non-hydrogen) atoms. The molecule has 0 atom stereocenters. The van der Waals surface area contributed by atoms with E-state index in [1.807, 2.05) is 69.3 Å². The molecule has 5 nitrogen and oxygen atoms in total. The summed E-state index contributed by atoms with van der Waals surface area (Å²) in [4.78, 5) is 9.06. The van der Waals surface area contributed by atoms with Gasteiger partial charge in [0.1, 0.15) is 11.6 Å². The molecule has 0 aliphatic carbocycles. The zero-order valence-corrected chi connectivity index (χ0v) is 15.4. The van der Waals surface area contributed by atoms with Crippen LogP contribution in [0.15, 0.2) is 60.7 Å². The molecular formula is C21H24N4O. The summed E-state index contributed by atoms with van der Waals surface area (Å²) in [7, 11) is 0. The number of ether oxygens (including phenoxy) is 1. The fourth-order valence-electron chi connectivity index (χ4n) is 2.55. The summed E-state index contributed by atoms with van der Waals surface area (Å²) in [6.07, 6.45) is 0.0967. The standard InChI is InChI=1S/C21H24N4O/c1-15(2)26-19-12-8-7-11-18(19)24-21-23-16(3)13-20(25-21)22-14-17-9-5-4-6-10-17/h4-13,15H,14H2,1-3H3,(H2,22,23,24,25). The van der Waals surface area contributed by atoms with Gasteiger partial charge in [-0.1, -0.05) is 42.5 Å². The van der Waals surface area contributed by atoms with E-state index in [1.165, 1.54) is 5.56 Å². The van der Waals surface area contributed by atoms with Crippen LogP contribution in [0.1, 0.15) is 25.1 Å². The zero-order chi connectivity index (χ0) is 18.4. The SMILES string of the molecule is Cc1cc(NCc2ccccc2)nc(Nc2ccccc2OC(C)C)n1. The van der Waals surface area contributed by atoms with Crippen LogP contribution < -0.4 is 15.4 Å². The van der Waals surface area contributed by atoms with Crippen molar-refractivity contribution in [1.82, 2.24) is 9.97 Å². The number of hydrogen-bond donors (Lipinski definition) is 2. The Morgan fingerprint density at radius 1 is 0.962 bits per heavy atom. The van der Waals surface area contributed by atoms with Crippen molar-refractivity contribution < 1.29 is 4.74 Å². The van der Waals surface area contributed by atoms with Crippen LogP contribution in [0.4, 0.5) is 17.5 Å². The van der Waals surface area contributed by atoms with Crippen molar-refractivity contribution in [3.8, 4) is 5.75 Å². The van der Waals surface area contributed by atoms with E-state index < -0.39 is 0 Å². The van der Waals surface area contributed by atoms with Gasteiger partial charge in [0.25, 0.3) is 0 Å². The third kappa shape index (κ3) is 4.96. The number of aromatic nitrogens is 2. The van der Waals surface area contributed by atoms with Gasteiger partial charge in [-0.15, -0.1) is 0 Å². The third-order valence-corrected chi connectivity index (χ3v) is 3.67. The van der Waals surface area contributed by atoms with Gasteiger partial charge >= 0.3 is 0 Å². The van der Waals surface area contributed by atoms with Gasteiger partial charge in [0.05, 0.1) is 11.8 Å². The number of aryl methyl sites for hydroxylation is 1. The first kappa shape index (κ1) is 17.7. The van der Waals surface area contributed by atoms with Crippen LogP contribution in [0.25, 0.3) is 0 Å². The molecule has 3 rings (SSSR count). The van der Waals surface area contributed by atoms with Crippen LogP contribution in [0.5, 0.6) is 5.75 Å². The molecule has 2 aromatic carbocycles. The minimum absolute atomic E-state index is 0.0967. The molecule has 0 spiro atoms. The van der Waals surface area contributed by atoms with E-state index >= 15 is 0 Å². The van der Waals surface area contributed by atoms with Crippen molar-refractivity contribution in [2.75, 3.05) is 10.6 Å². The average Bonchev–Trinajstić information content (AvgIpc) is 2.62. The Kier molecular flexibility index (Phi) is 5.69. The molecule has 1 aromatic heterocycles. The maximum Gasteiger partial charge on any atom is 0.229 e.